The second-order valence-corrected chi connectivity index (χ2v) is 15.4. The number of carbonyl (C=O) groups is 3. The summed E-state index contributed by atoms with van der Waals surface area (Å²) in [4.78, 5) is 37.5. The summed E-state index contributed by atoms with van der Waals surface area (Å²) >= 11 is 0. The molecule has 3 N–H and O–H groups in total. The van der Waals surface area contributed by atoms with Crippen LogP contribution < -0.4 is 20.1 Å². The Morgan fingerprint density at radius 1 is 0.855 bits per heavy atom. The van der Waals surface area contributed by atoms with Crippen LogP contribution in [-0.2, 0) is 14.3 Å². The fourth-order valence-electron chi connectivity index (χ4n) is 7.23. The molecule has 2 aliphatic carbocycles. The van der Waals surface area contributed by atoms with Crippen LogP contribution in [0.4, 0.5) is 10.5 Å². The van der Waals surface area contributed by atoms with Gasteiger partial charge in [-0.3, -0.25) is 9.59 Å². The summed E-state index contributed by atoms with van der Waals surface area (Å²) in [5.41, 5.74) is 7.54. The van der Waals surface area contributed by atoms with Gasteiger partial charge in [-0.15, -0.1) is 0 Å². The number of hydrogen-bond acceptors (Lipinski definition) is 8. The Labute approximate surface area is 323 Å². The number of amides is 2. The van der Waals surface area contributed by atoms with Crippen molar-refractivity contribution < 1.29 is 33.7 Å². The van der Waals surface area contributed by atoms with Crippen LogP contribution in [0.3, 0.4) is 0 Å². The van der Waals surface area contributed by atoms with Crippen molar-refractivity contribution in [3.05, 3.63) is 101 Å². The van der Waals surface area contributed by atoms with E-state index in [1.165, 1.54) is 5.57 Å². The smallest absolute Gasteiger partial charge is 0.410 e. The van der Waals surface area contributed by atoms with E-state index in [9.17, 15) is 14.4 Å². The molecule has 3 aromatic carbocycles. The van der Waals surface area contributed by atoms with Crippen molar-refractivity contribution >= 4 is 34.8 Å². The number of carboxylic acids is 1. The van der Waals surface area contributed by atoms with Gasteiger partial charge in [-0.1, -0.05) is 36.4 Å². The Morgan fingerprint density at radius 2 is 1.45 bits per heavy atom. The molecule has 55 heavy (non-hydrogen) atoms. The van der Waals surface area contributed by atoms with Gasteiger partial charge in [0, 0.05) is 42.4 Å². The van der Waals surface area contributed by atoms with Crippen molar-refractivity contribution in [1.82, 2.24) is 10.2 Å². The largest absolute Gasteiger partial charge is 0.496 e. The lowest BCUT2D eigenvalue weighted by atomic mass is 9.96. The number of nitriles is 1. The molecule has 4 aliphatic rings. The van der Waals surface area contributed by atoms with Crippen LogP contribution >= 0.6 is 0 Å². The number of methoxy groups -OCH3 is 2. The molecular weight excluding hydrogens is 697 g/mol. The summed E-state index contributed by atoms with van der Waals surface area (Å²) in [6, 6.07) is 21.3. The Bertz CT molecular complexity index is 2020. The topological polar surface area (TPSA) is 150 Å². The van der Waals surface area contributed by atoms with Crippen LogP contribution in [0.5, 0.6) is 11.5 Å². The Kier molecular flexibility index (Phi) is 12.0. The molecule has 0 saturated heterocycles. The van der Waals surface area contributed by atoms with Gasteiger partial charge in [0.25, 0.3) is 0 Å². The molecule has 0 aromatic heterocycles. The summed E-state index contributed by atoms with van der Waals surface area (Å²) in [6.07, 6.45) is 7.19. The molecule has 2 amide bonds. The Hall–Kier alpha value is -5.60. The lowest BCUT2D eigenvalue weighted by Gasteiger charge is -2.30. The van der Waals surface area contributed by atoms with Crippen LogP contribution in [0.15, 0.2) is 72.8 Å². The van der Waals surface area contributed by atoms with Gasteiger partial charge in [0.2, 0.25) is 5.91 Å². The van der Waals surface area contributed by atoms with Crippen molar-refractivity contribution in [1.29, 1.82) is 5.26 Å². The van der Waals surface area contributed by atoms with E-state index in [4.69, 9.17) is 24.6 Å². The number of nitrogens with one attached hydrogen (secondary N) is 2. The fourth-order valence-corrected chi connectivity index (χ4v) is 7.23. The quantitative estimate of drug-likeness (QED) is 0.201. The minimum Gasteiger partial charge on any atom is -0.496 e. The molecule has 3 aromatic rings. The van der Waals surface area contributed by atoms with Crippen LogP contribution in [0.1, 0.15) is 86.1 Å². The van der Waals surface area contributed by atoms with Gasteiger partial charge >= 0.3 is 12.1 Å². The average Bonchev–Trinajstić information content (AvgIpc) is 4.13. The highest BCUT2D eigenvalue weighted by Crippen LogP contribution is 2.50. The first-order chi connectivity index (χ1) is 26.4. The Balaban J connectivity index is 0.000000187. The third kappa shape index (κ3) is 9.75. The summed E-state index contributed by atoms with van der Waals surface area (Å²) in [7, 11) is 3.33. The lowest BCUT2D eigenvalue weighted by Crippen LogP contribution is -2.39. The first-order valence-corrected chi connectivity index (χ1v) is 18.9. The van der Waals surface area contributed by atoms with Crippen LogP contribution in [0, 0.1) is 23.2 Å². The number of carbonyl (C=O) groups excluding carboxylic acids is 2. The van der Waals surface area contributed by atoms with Crippen molar-refractivity contribution in [2.75, 3.05) is 45.7 Å². The van der Waals surface area contributed by atoms with Gasteiger partial charge in [-0.2, -0.15) is 5.26 Å². The van der Waals surface area contributed by atoms with Crippen molar-refractivity contribution in [3.8, 4) is 17.6 Å². The molecule has 4 unspecified atom stereocenters. The number of rotatable bonds is 9. The van der Waals surface area contributed by atoms with Crippen molar-refractivity contribution in [2.24, 2.45) is 11.8 Å². The molecule has 4 atom stereocenters. The zero-order valence-corrected chi connectivity index (χ0v) is 32.2. The maximum Gasteiger partial charge on any atom is 0.410 e. The number of carboxylic acid groups (broad SMARTS) is 1. The van der Waals surface area contributed by atoms with Gasteiger partial charge in [0.1, 0.15) is 17.1 Å². The van der Waals surface area contributed by atoms with E-state index in [1.807, 2.05) is 45.0 Å². The van der Waals surface area contributed by atoms with Gasteiger partial charge in [0.15, 0.2) is 0 Å². The first kappa shape index (κ1) is 39.1. The van der Waals surface area contributed by atoms with E-state index in [-0.39, 0.29) is 35.7 Å². The molecule has 2 aliphatic heterocycles. The summed E-state index contributed by atoms with van der Waals surface area (Å²) < 4.78 is 16.6. The number of anilines is 1. The SMILES string of the molecule is COc1cc(C2CC2C(=O)Nc2ccc(C#N)cc2)ccc1C1=CCNCC1.COc1cc(C2CC2C(=O)O)ccc1C1=CCN(C(=O)OC(C)(C)C)CC1. The number of nitrogens with zero attached hydrogens (tertiary/aromatic N) is 2. The molecule has 2 fully saturated rings. The minimum absolute atomic E-state index is 0.0238. The maximum absolute atomic E-state index is 12.6. The molecule has 11 heteroatoms. The zero-order valence-electron chi connectivity index (χ0n) is 32.2. The predicted molar refractivity (Wildman–Crippen MR) is 211 cm³/mol. The fraction of sp³-hybridized carbons (Fsp3) is 0.409. The summed E-state index contributed by atoms with van der Waals surface area (Å²) in [5, 5.41) is 24.3. The molecule has 11 nitrogen and oxygen atoms in total. The van der Waals surface area contributed by atoms with Crippen molar-refractivity contribution in [2.45, 2.75) is 63.9 Å². The monoisotopic (exact) mass is 746 g/mol. The third-order valence-corrected chi connectivity index (χ3v) is 10.4. The lowest BCUT2D eigenvalue weighted by molar-refractivity contribution is -0.138. The van der Waals surface area contributed by atoms with Gasteiger partial charge < -0.3 is 34.9 Å². The first-order valence-electron chi connectivity index (χ1n) is 18.9. The van der Waals surface area contributed by atoms with E-state index in [2.05, 4.69) is 41.0 Å². The third-order valence-electron chi connectivity index (χ3n) is 10.4. The summed E-state index contributed by atoms with van der Waals surface area (Å²) in [6.45, 7) is 8.54. The zero-order chi connectivity index (χ0) is 39.3. The number of ether oxygens (including phenoxy) is 3. The predicted octanol–water partition coefficient (Wildman–Crippen LogP) is 7.59. The van der Waals surface area contributed by atoms with Crippen LogP contribution in [0.25, 0.3) is 11.1 Å². The van der Waals surface area contributed by atoms with Gasteiger partial charge in [-0.05, 0) is 124 Å². The van der Waals surface area contributed by atoms with E-state index < -0.39 is 11.6 Å². The molecule has 288 valence electrons. The highest BCUT2D eigenvalue weighted by Gasteiger charge is 2.45. The molecule has 0 spiro atoms. The second-order valence-electron chi connectivity index (χ2n) is 15.4. The molecule has 2 heterocycles. The normalized spacial score (nSPS) is 21.3. The van der Waals surface area contributed by atoms with Gasteiger partial charge in [0.05, 0.1) is 31.8 Å². The second kappa shape index (κ2) is 16.8. The molecule has 7 rings (SSSR count). The maximum atomic E-state index is 12.6. The Morgan fingerprint density at radius 3 is 1.95 bits per heavy atom. The van der Waals surface area contributed by atoms with E-state index >= 15 is 0 Å². The summed E-state index contributed by atoms with van der Waals surface area (Å²) in [5.74, 6) is 0.918. The highest BCUT2D eigenvalue weighted by atomic mass is 16.6. The molecule has 0 bridgehead atoms. The standard InChI is InChI=1S/C23H23N3O2.C21H27NO5/c1-28-22-12-17(4-7-19(22)16-8-10-25-11-9-16)20-13-21(20)23(27)26-18-5-2-15(14-24)3-6-18;1-21(2,3)27-20(25)22-9-7-13(8-10-22)15-6-5-14(11-18(15)26-4)16-12-17(16)19(23)24/h2-8,12,20-21,25H,9-11,13H2,1H3,(H,26,27);5-7,11,16-17H,8-10,12H2,1-4H3,(H,23,24). The van der Waals surface area contributed by atoms with E-state index in [0.717, 1.165) is 77.4 Å². The minimum atomic E-state index is -0.736. The molecule has 0 radical (unpaired) electrons. The van der Waals surface area contributed by atoms with Crippen LogP contribution in [0.2, 0.25) is 0 Å². The highest BCUT2D eigenvalue weighted by molar-refractivity contribution is 5.95. The van der Waals surface area contributed by atoms with Crippen LogP contribution in [-0.4, -0.2) is 74.0 Å². The number of hydrogen-bond donors (Lipinski definition) is 3. The molecular formula is C44H50N4O7. The molecule has 2 saturated carbocycles. The number of aliphatic carboxylic acids is 1. The van der Waals surface area contributed by atoms with E-state index in [1.54, 1.807) is 43.4 Å². The van der Waals surface area contributed by atoms with Gasteiger partial charge in [-0.25, -0.2) is 4.79 Å². The average molecular weight is 747 g/mol. The van der Waals surface area contributed by atoms with Crippen molar-refractivity contribution in [3.63, 3.8) is 0 Å². The van der Waals surface area contributed by atoms with E-state index in [0.29, 0.717) is 25.1 Å². The number of benzene rings is 3.